The smallest absolute Gasteiger partial charge is 0.229 e. The zero-order chi connectivity index (χ0) is 20.9. The number of anilines is 1. The number of nitrogens with one attached hydrogen (secondary N) is 1. The first-order valence-electron chi connectivity index (χ1n) is 9.75. The Kier molecular flexibility index (Phi) is 4.72. The van der Waals surface area contributed by atoms with Gasteiger partial charge in [-0.1, -0.05) is 17.3 Å². The Labute approximate surface area is 177 Å². The van der Waals surface area contributed by atoms with Crippen molar-refractivity contribution < 1.29 is 13.2 Å². The lowest BCUT2D eigenvalue weighted by Gasteiger charge is -2.12. The molecule has 0 spiro atoms. The minimum absolute atomic E-state index is 0.135. The maximum Gasteiger partial charge on any atom is 0.229 e. The predicted molar refractivity (Wildman–Crippen MR) is 115 cm³/mol. The van der Waals surface area contributed by atoms with Crippen LogP contribution in [0.4, 0.5) is 5.82 Å². The zero-order valence-electron chi connectivity index (χ0n) is 16.6. The van der Waals surface area contributed by atoms with Crippen LogP contribution >= 0.6 is 11.3 Å². The molecule has 0 amide bonds. The quantitative estimate of drug-likeness (QED) is 0.505. The average molecular weight is 444 g/mol. The van der Waals surface area contributed by atoms with Crippen molar-refractivity contribution in [3.8, 4) is 0 Å². The monoisotopic (exact) mass is 443 g/mol. The van der Waals surface area contributed by atoms with E-state index in [1.807, 2.05) is 24.4 Å². The molecule has 1 saturated heterocycles. The summed E-state index contributed by atoms with van der Waals surface area (Å²) in [4.78, 5) is 4.87. The summed E-state index contributed by atoms with van der Waals surface area (Å²) in [5.74, 6) is 0.628. The van der Waals surface area contributed by atoms with E-state index in [0.29, 0.717) is 17.9 Å². The lowest BCUT2D eigenvalue weighted by atomic mass is 10.2. The highest BCUT2D eigenvalue weighted by Crippen LogP contribution is 2.32. The number of hydrogen-bond donors (Lipinski definition) is 1. The molecule has 3 aromatic heterocycles. The average Bonchev–Trinajstić information content (AvgIpc) is 3.47. The van der Waals surface area contributed by atoms with Crippen LogP contribution in [0.1, 0.15) is 24.0 Å². The second-order valence-corrected chi connectivity index (χ2v) is 10.3. The maximum atomic E-state index is 13.4. The molecule has 5 rings (SSSR count). The molecule has 0 aliphatic carbocycles. The van der Waals surface area contributed by atoms with Gasteiger partial charge in [-0.3, -0.25) is 0 Å². The van der Waals surface area contributed by atoms with Crippen molar-refractivity contribution in [2.75, 3.05) is 18.5 Å². The third-order valence-corrected chi connectivity index (χ3v) is 8.03. The second-order valence-electron chi connectivity index (χ2n) is 7.51. The van der Waals surface area contributed by atoms with Gasteiger partial charge in [0.1, 0.15) is 5.82 Å². The van der Waals surface area contributed by atoms with Crippen molar-refractivity contribution in [3.63, 3.8) is 0 Å². The molecule has 0 saturated carbocycles. The Morgan fingerprint density at radius 1 is 1.30 bits per heavy atom. The zero-order valence-corrected chi connectivity index (χ0v) is 18.3. The van der Waals surface area contributed by atoms with Crippen molar-refractivity contribution in [1.29, 1.82) is 0 Å². The van der Waals surface area contributed by atoms with E-state index in [4.69, 9.17) is 4.74 Å². The van der Waals surface area contributed by atoms with Gasteiger partial charge in [0.25, 0.3) is 0 Å². The van der Waals surface area contributed by atoms with Crippen LogP contribution < -0.4 is 5.32 Å². The van der Waals surface area contributed by atoms with Gasteiger partial charge < -0.3 is 10.1 Å². The summed E-state index contributed by atoms with van der Waals surface area (Å²) in [6.45, 7) is 5.04. The lowest BCUT2D eigenvalue weighted by Crippen LogP contribution is -2.19. The summed E-state index contributed by atoms with van der Waals surface area (Å²) in [6, 6.07) is 7.25. The first-order valence-corrected chi connectivity index (χ1v) is 12.1. The number of ether oxygens (including phenoxy) is 1. The standard InChI is InChI=1S/C20H21N5O3S2/c1-12-5-6-13(2)16(10-12)30(26,27)20-19-22-18(21-11-14-4-3-8-28-14)17-15(7-9-29-17)25(19)24-23-20/h5-7,9-10,14H,3-4,8,11H2,1-2H3,(H,21,22)/t14-/m1/s1. The molecule has 1 fully saturated rings. The molecular weight excluding hydrogens is 422 g/mol. The summed E-state index contributed by atoms with van der Waals surface area (Å²) < 4.78 is 35.0. The molecule has 0 radical (unpaired) electrons. The molecule has 8 nitrogen and oxygen atoms in total. The van der Waals surface area contributed by atoms with E-state index in [0.717, 1.165) is 35.2 Å². The van der Waals surface area contributed by atoms with Gasteiger partial charge in [-0.2, -0.15) is 4.52 Å². The van der Waals surface area contributed by atoms with Crippen LogP contribution in [0.5, 0.6) is 0 Å². The van der Waals surface area contributed by atoms with Crippen molar-refractivity contribution in [3.05, 3.63) is 40.8 Å². The fourth-order valence-electron chi connectivity index (χ4n) is 3.73. The third kappa shape index (κ3) is 3.15. The largest absolute Gasteiger partial charge is 0.376 e. The molecule has 10 heteroatoms. The normalized spacial score (nSPS) is 17.2. The Bertz CT molecular complexity index is 1350. The predicted octanol–water partition coefficient (Wildman–Crippen LogP) is 3.38. The number of fused-ring (bicyclic) bond motifs is 3. The van der Waals surface area contributed by atoms with Crippen LogP contribution in [0.15, 0.2) is 39.6 Å². The number of aromatic nitrogens is 4. The molecule has 1 aliphatic heterocycles. The van der Waals surface area contributed by atoms with E-state index < -0.39 is 9.84 Å². The number of nitrogens with zero attached hydrogens (tertiary/aromatic N) is 4. The molecule has 156 valence electrons. The molecule has 0 unspecified atom stereocenters. The number of sulfone groups is 1. The van der Waals surface area contributed by atoms with Crippen LogP contribution in [0, 0.1) is 13.8 Å². The number of hydrogen-bond acceptors (Lipinski definition) is 8. The highest BCUT2D eigenvalue weighted by Gasteiger charge is 2.29. The maximum absolute atomic E-state index is 13.4. The number of rotatable bonds is 5. The van der Waals surface area contributed by atoms with Gasteiger partial charge in [0.05, 0.1) is 21.2 Å². The fraction of sp³-hybridized carbons (Fsp3) is 0.350. The Balaban J connectivity index is 1.65. The Morgan fingerprint density at radius 3 is 2.97 bits per heavy atom. The highest BCUT2D eigenvalue weighted by molar-refractivity contribution is 7.91. The third-order valence-electron chi connectivity index (χ3n) is 5.33. The summed E-state index contributed by atoms with van der Waals surface area (Å²) in [6.07, 6.45) is 2.20. The van der Waals surface area contributed by atoms with E-state index >= 15 is 0 Å². The van der Waals surface area contributed by atoms with Gasteiger partial charge >= 0.3 is 0 Å². The van der Waals surface area contributed by atoms with Crippen LogP contribution in [0.3, 0.4) is 0 Å². The Morgan fingerprint density at radius 2 is 2.17 bits per heavy atom. The topological polar surface area (TPSA) is 98.5 Å². The summed E-state index contributed by atoms with van der Waals surface area (Å²) in [7, 11) is -3.88. The molecule has 4 heterocycles. The van der Waals surface area contributed by atoms with Crippen molar-refractivity contribution in [2.45, 2.75) is 42.7 Å². The van der Waals surface area contributed by atoms with Crippen LogP contribution in [0.25, 0.3) is 15.9 Å². The number of benzene rings is 1. The first kappa shape index (κ1) is 19.4. The van der Waals surface area contributed by atoms with E-state index in [2.05, 4.69) is 20.6 Å². The Hall–Kier alpha value is -2.56. The summed E-state index contributed by atoms with van der Waals surface area (Å²) in [5, 5.41) is 13.3. The number of aryl methyl sites for hydroxylation is 2. The van der Waals surface area contributed by atoms with Crippen LogP contribution in [-0.2, 0) is 14.6 Å². The van der Waals surface area contributed by atoms with Gasteiger partial charge in [-0.25, -0.2) is 13.4 Å². The van der Waals surface area contributed by atoms with Crippen molar-refractivity contribution in [2.24, 2.45) is 0 Å². The molecule has 0 bridgehead atoms. The van der Waals surface area contributed by atoms with Crippen molar-refractivity contribution in [1.82, 2.24) is 19.8 Å². The van der Waals surface area contributed by atoms with Crippen molar-refractivity contribution >= 4 is 42.9 Å². The molecule has 30 heavy (non-hydrogen) atoms. The van der Waals surface area contributed by atoms with Gasteiger partial charge in [0, 0.05) is 13.2 Å². The van der Waals surface area contributed by atoms with Gasteiger partial charge in [-0.15, -0.1) is 16.4 Å². The summed E-state index contributed by atoms with van der Waals surface area (Å²) >= 11 is 1.52. The van der Waals surface area contributed by atoms with Crippen LogP contribution in [0.2, 0.25) is 0 Å². The van der Waals surface area contributed by atoms with E-state index in [1.165, 1.54) is 15.9 Å². The molecule has 1 aromatic carbocycles. The first-order chi connectivity index (χ1) is 14.4. The molecule has 1 N–H and O–H groups in total. The van der Waals surface area contributed by atoms with E-state index in [9.17, 15) is 8.42 Å². The van der Waals surface area contributed by atoms with E-state index in [1.54, 1.807) is 19.1 Å². The lowest BCUT2D eigenvalue weighted by molar-refractivity contribution is 0.120. The second kappa shape index (κ2) is 7.29. The number of thiophene rings is 1. The minimum atomic E-state index is -3.88. The molecule has 1 aliphatic rings. The SMILES string of the molecule is Cc1ccc(C)c(S(=O)(=O)c2nnn3c2nc(NC[C@H]2CCCO2)c2sccc23)c1. The highest BCUT2D eigenvalue weighted by atomic mass is 32.2. The van der Waals surface area contributed by atoms with Crippen LogP contribution in [-0.4, -0.2) is 47.5 Å². The fourth-order valence-corrected chi connectivity index (χ4v) is 6.13. The molecule has 4 aromatic rings. The molecular formula is C20H21N5O3S2. The van der Waals surface area contributed by atoms with Gasteiger partial charge in [-0.05, 0) is 55.3 Å². The minimum Gasteiger partial charge on any atom is -0.376 e. The van der Waals surface area contributed by atoms with Gasteiger partial charge in [0.15, 0.2) is 5.65 Å². The summed E-state index contributed by atoms with van der Waals surface area (Å²) in [5.41, 5.74) is 2.52. The van der Waals surface area contributed by atoms with Gasteiger partial charge in [0.2, 0.25) is 14.9 Å². The molecule has 1 atom stereocenters. The van der Waals surface area contributed by atoms with E-state index in [-0.39, 0.29) is 21.7 Å².